The van der Waals surface area contributed by atoms with Gasteiger partial charge < -0.3 is 10.0 Å². The predicted octanol–water partition coefficient (Wildman–Crippen LogP) is 4.21. The molecule has 0 spiro atoms. The second-order valence-electron chi connectivity index (χ2n) is 7.22. The quantitative estimate of drug-likeness (QED) is 0.877. The van der Waals surface area contributed by atoms with Gasteiger partial charge in [0.1, 0.15) is 0 Å². The monoisotopic (exact) mass is 289 g/mol. The molecule has 1 unspecified atom stereocenters. The molecule has 1 heterocycles. The van der Waals surface area contributed by atoms with Gasteiger partial charge in [0.25, 0.3) is 0 Å². The number of β-amino-alcohol motifs (C(OH)–C–C–N with tert-alkyl or cyclic N) is 1. The Balaban J connectivity index is 1.86. The molecule has 2 nitrogen and oxygen atoms in total. The fourth-order valence-corrected chi connectivity index (χ4v) is 3.26. The number of piperidine rings is 1. The van der Waals surface area contributed by atoms with Gasteiger partial charge in [-0.1, -0.05) is 52.0 Å². The first kappa shape index (κ1) is 16.5. The summed E-state index contributed by atoms with van der Waals surface area (Å²) in [4.78, 5) is 2.42. The zero-order valence-corrected chi connectivity index (χ0v) is 14.0. The molecule has 1 N–H and O–H groups in total. The average molecular weight is 289 g/mol. The summed E-state index contributed by atoms with van der Waals surface area (Å²) in [6.07, 6.45) is 2.19. The molecule has 0 aliphatic carbocycles. The van der Waals surface area contributed by atoms with Crippen molar-refractivity contribution in [3.8, 4) is 0 Å². The lowest BCUT2D eigenvalue weighted by atomic mass is 9.86. The van der Waals surface area contributed by atoms with Crippen molar-refractivity contribution in [1.82, 2.24) is 4.90 Å². The average Bonchev–Trinajstić information content (AvgIpc) is 2.47. The first-order chi connectivity index (χ1) is 9.97. The van der Waals surface area contributed by atoms with Crippen LogP contribution in [0.15, 0.2) is 24.3 Å². The number of hydrogen-bond acceptors (Lipinski definition) is 2. The summed E-state index contributed by atoms with van der Waals surface area (Å²) in [7, 11) is 0. The Bertz CT molecular complexity index is 416. The maximum Gasteiger partial charge on any atom is 0.0916 e. The fourth-order valence-electron chi connectivity index (χ4n) is 3.26. The lowest BCUT2D eigenvalue weighted by Gasteiger charge is -2.34. The topological polar surface area (TPSA) is 23.5 Å². The van der Waals surface area contributed by atoms with Gasteiger partial charge in [-0.05, 0) is 54.8 Å². The molecule has 1 saturated heterocycles. The minimum Gasteiger partial charge on any atom is -0.387 e. The molecule has 1 aromatic rings. The van der Waals surface area contributed by atoms with Crippen LogP contribution in [0.4, 0.5) is 0 Å². The highest BCUT2D eigenvalue weighted by atomic mass is 16.3. The predicted molar refractivity (Wildman–Crippen MR) is 89.5 cm³/mol. The van der Waals surface area contributed by atoms with Crippen LogP contribution in [0.2, 0.25) is 0 Å². The Kier molecular flexibility index (Phi) is 5.83. The van der Waals surface area contributed by atoms with Gasteiger partial charge in [0.2, 0.25) is 0 Å². The third kappa shape index (κ3) is 4.55. The van der Waals surface area contributed by atoms with E-state index in [1.54, 1.807) is 0 Å². The Labute approximate surface area is 130 Å². The highest BCUT2D eigenvalue weighted by Crippen LogP contribution is 2.26. The van der Waals surface area contributed by atoms with Crippen molar-refractivity contribution in [2.24, 2.45) is 11.8 Å². The zero-order chi connectivity index (χ0) is 15.4. The summed E-state index contributed by atoms with van der Waals surface area (Å²) in [5, 5.41) is 10.4. The molecule has 2 heteroatoms. The third-order valence-electron chi connectivity index (χ3n) is 4.99. The van der Waals surface area contributed by atoms with Crippen LogP contribution in [0.5, 0.6) is 0 Å². The van der Waals surface area contributed by atoms with E-state index in [0.29, 0.717) is 5.92 Å². The van der Waals surface area contributed by atoms with E-state index in [0.717, 1.165) is 37.0 Å². The number of aliphatic hydroxyl groups is 1. The Morgan fingerprint density at radius 2 is 1.52 bits per heavy atom. The van der Waals surface area contributed by atoms with Crippen molar-refractivity contribution < 1.29 is 5.11 Å². The lowest BCUT2D eigenvalue weighted by Crippen LogP contribution is -2.37. The maximum absolute atomic E-state index is 10.4. The Hall–Kier alpha value is -0.860. The first-order valence-corrected chi connectivity index (χ1v) is 8.47. The standard InChI is InChI=1S/C19H31NO/c1-14(2)16-5-7-18(8-6-16)19(21)13-20-11-9-17(10-12-20)15(3)4/h5-8,14-15,17,19,21H,9-13H2,1-4H3. The second kappa shape index (κ2) is 7.42. The van der Waals surface area contributed by atoms with Gasteiger partial charge in [-0.3, -0.25) is 0 Å². The molecule has 1 fully saturated rings. The number of rotatable bonds is 5. The van der Waals surface area contributed by atoms with E-state index in [1.165, 1.54) is 18.4 Å². The highest BCUT2D eigenvalue weighted by molar-refractivity contribution is 5.26. The maximum atomic E-state index is 10.4. The minimum atomic E-state index is -0.359. The number of likely N-dealkylation sites (tertiary alicyclic amines) is 1. The first-order valence-electron chi connectivity index (χ1n) is 8.47. The summed E-state index contributed by atoms with van der Waals surface area (Å²) < 4.78 is 0. The van der Waals surface area contributed by atoms with Crippen molar-refractivity contribution in [2.75, 3.05) is 19.6 Å². The van der Waals surface area contributed by atoms with Crippen molar-refractivity contribution >= 4 is 0 Å². The van der Waals surface area contributed by atoms with Gasteiger partial charge in [-0.25, -0.2) is 0 Å². The van der Waals surface area contributed by atoms with E-state index >= 15 is 0 Å². The summed E-state index contributed by atoms with van der Waals surface area (Å²) in [6.45, 7) is 12.1. The molecular formula is C19H31NO. The SMILES string of the molecule is CC(C)c1ccc(C(O)CN2CCC(C(C)C)CC2)cc1. The Morgan fingerprint density at radius 1 is 1.00 bits per heavy atom. The minimum absolute atomic E-state index is 0.359. The largest absolute Gasteiger partial charge is 0.387 e. The summed E-state index contributed by atoms with van der Waals surface area (Å²) in [5.74, 6) is 2.20. The van der Waals surface area contributed by atoms with Crippen molar-refractivity contribution in [1.29, 1.82) is 0 Å². The molecule has 0 aromatic heterocycles. The molecule has 118 valence electrons. The van der Waals surface area contributed by atoms with Crippen molar-refractivity contribution in [3.63, 3.8) is 0 Å². The Morgan fingerprint density at radius 3 is 2.00 bits per heavy atom. The highest BCUT2D eigenvalue weighted by Gasteiger charge is 2.23. The number of nitrogens with zero attached hydrogens (tertiary/aromatic N) is 1. The zero-order valence-electron chi connectivity index (χ0n) is 14.0. The summed E-state index contributed by atoms with van der Waals surface area (Å²) >= 11 is 0. The third-order valence-corrected chi connectivity index (χ3v) is 4.99. The van der Waals surface area contributed by atoms with Crippen LogP contribution in [0.1, 0.15) is 63.7 Å². The number of aliphatic hydroxyl groups excluding tert-OH is 1. The van der Waals surface area contributed by atoms with E-state index in [-0.39, 0.29) is 6.10 Å². The molecule has 2 rings (SSSR count). The second-order valence-corrected chi connectivity index (χ2v) is 7.22. The van der Waals surface area contributed by atoms with E-state index < -0.39 is 0 Å². The van der Waals surface area contributed by atoms with Gasteiger partial charge in [0.15, 0.2) is 0 Å². The summed E-state index contributed by atoms with van der Waals surface area (Å²) in [6, 6.07) is 8.46. The molecule has 21 heavy (non-hydrogen) atoms. The van der Waals surface area contributed by atoms with Gasteiger partial charge in [0.05, 0.1) is 6.10 Å². The van der Waals surface area contributed by atoms with Crippen LogP contribution >= 0.6 is 0 Å². The van der Waals surface area contributed by atoms with Crippen LogP contribution in [0, 0.1) is 11.8 Å². The molecule has 0 bridgehead atoms. The number of hydrogen-bond donors (Lipinski definition) is 1. The van der Waals surface area contributed by atoms with Gasteiger partial charge in [-0.2, -0.15) is 0 Å². The van der Waals surface area contributed by atoms with Crippen LogP contribution in [0.25, 0.3) is 0 Å². The van der Waals surface area contributed by atoms with E-state index in [9.17, 15) is 5.11 Å². The van der Waals surface area contributed by atoms with Crippen molar-refractivity contribution in [2.45, 2.75) is 52.6 Å². The molecule has 1 aliphatic rings. The normalized spacial score (nSPS) is 19.4. The van der Waals surface area contributed by atoms with Crippen molar-refractivity contribution in [3.05, 3.63) is 35.4 Å². The number of benzene rings is 1. The summed E-state index contributed by atoms with van der Waals surface area (Å²) in [5.41, 5.74) is 2.38. The molecule has 1 aromatic carbocycles. The molecule has 0 radical (unpaired) electrons. The molecule has 1 aliphatic heterocycles. The van der Waals surface area contributed by atoms with Crippen LogP contribution < -0.4 is 0 Å². The van der Waals surface area contributed by atoms with Crippen LogP contribution in [-0.4, -0.2) is 29.6 Å². The van der Waals surface area contributed by atoms with E-state index in [1.807, 2.05) is 0 Å². The van der Waals surface area contributed by atoms with E-state index in [2.05, 4.69) is 56.9 Å². The van der Waals surface area contributed by atoms with E-state index in [4.69, 9.17) is 0 Å². The van der Waals surface area contributed by atoms with Crippen LogP contribution in [-0.2, 0) is 0 Å². The molecule has 0 amide bonds. The van der Waals surface area contributed by atoms with Gasteiger partial charge in [-0.15, -0.1) is 0 Å². The van der Waals surface area contributed by atoms with Gasteiger partial charge in [0, 0.05) is 6.54 Å². The lowest BCUT2D eigenvalue weighted by molar-refractivity contribution is 0.0818. The van der Waals surface area contributed by atoms with Gasteiger partial charge >= 0.3 is 0 Å². The molecule has 0 saturated carbocycles. The molecular weight excluding hydrogens is 258 g/mol. The smallest absolute Gasteiger partial charge is 0.0916 e. The van der Waals surface area contributed by atoms with Crippen LogP contribution in [0.3, 0.4) is 0 Å². The molecule has 1 atom stereocenters. The fraction of sp³-hybridized carbons (Fsp3) is 0.684.